The molecule has 1 unspecified atom stereocenters. The van der Waals surface area contributed by atoms with Crippen molar-refractivity contribution in [2.45, 2.75) is 26.8 Å². The molecule has 0 aliphatic heterocycles. The first-order valence-corrected chi connectivity index (χ1v) is 6.89. The normalized spacial score (nSPS) is 12.5. The zero-order chi connectivity index (χ0) is 14.2. The van der Waals surface area contributed by atoms with Crippen LogP contribution in [0, 0.1) is 20.8 Å². The number of benzene rings is 1. The molecule has 102 valence electrons. The second kappa shape index (κ2) is 5.39. The molecule has 3 nitrogen and oxygen atoms in total. The van der Waals surface area contributed by atoms with E-state index in [0.29, 0.717) is 0 Å². The van der Waals surface area contributed by atoms with Crippen molar-refractivity contribution in [1.29, 1.82) is 0 Å². The number of methoxy groups -OCH3 is 1. The molecule has 0 fully saturated rings. The Hall–Kier alpha value is -1.26. The summed E-state index contributed by atoms with van der Waals surface area (Å²) in [6.45, 7) is 6.03. The number of nitrogens with two attached hydrogens (primary N) is 1. The van der Waals surface area contributed by atoms with Gasteiger partial charge in [-0.3, -0.25) is 0 Å². The summed E-state index contributed by atoms with van der Waals surface area (Å²) in [6, 6.07) is 3.63. The molecule has 1 aromatic carbocycles. The predicted octanol–water partition coefficient (Wildman–Crippen LogP) is 4.02. The molecule has 0 saturated heterocycles. The summed E-state index contributed by atoms with van der Waals surface area (Å²) in [5, 5.41) is 0. The van der Waals surface area contributed by atoms with Gasteiger partial charge in [0, 0.05) is 10.0 Å². The van der Waals surface area contributed by atoms with Gasteiger partial charge in [0.05, 0.1) is 19.4 Å². The van der Waals surface area contributed by atoms with Crippen LogP contribution in [0.4, 0.5) is 0 Å². The molecule has 4 heteroatoms. The first kappa shape index (κ1) is 14.2. The van der Waals surface area contributed by atoms with Gasteiger partial charge >= 0.3 is 0 Å². The van der Waals surface area contributed by atoms with Gasteiger partial charge in [0.15, 0.2) is 0 Å². The highest BCUT2D eigenvalue weighted by Crippen LogP contribution is 2.38. The second-order valence-corrected chi connectivity index (χ2v) is 5.55. The Morgan fingerprint density at radius 3 is 2.47 bits per heavy atom. The molecule has 2 rings (SSSR count). The van der Waals surface area contributed by atoms with Crippen molar-refractivity contribution < 1.29 is 9.15 Å². The van der Waals surface area contributed by atoms with E-state index in [1.165, 1.54) is 0 Å². The molecule has 0 aliphatic rings. The Labute approximate surface area is 121 Å². The van der Waals surface area contributed by atoms with E-state index in [0.717, 1.165) is 38.2 Å². The van der Waals surface area contributed by atoms with Crippen LogP contribution in [0.15, 0.2) is 27.3 Å². The number of aryl methyl sites for hydroxylation is 2. The van der Waals surface area contributed by atoms with Crippen LogP contribution in [-0.2, 0) is 0 Å². The second-order valence-electron chi connectivity index (χ2n) is 4.69. The fourth-order valence-corrected chi connectivity index (χ4v) is 2.91. The highest BCUT2D eigenvalue weighted by Gasteiger charge is 2.23. The molecule has 2 aromatic rings. The van der Waals surface area contributed by atoms with Crippen molar-refractivity contribution in [1.82, 2.24) is 0 Å². The molecular formula is C15H18BrNO2. The minimum absolute atomic E-state index is 0.332. The average molecular weight is 324 g/mol. The summed E-state index contributed by atoms with van der Waals surface area (Å²) in [4.78, 5) is 0. The number of ether oxygens (including phenoxy) is 1. The van der Waals surface area contributed by atoms with E-state index in [9.17, 15) is 0 Å². The Kier molecular flexibility index (Phi) is 4.02. The summed E-state index contributed by atoms with van der Waals surface area (Å²) in [7, 11) is 1.67. The molecule has 0 saturated carbocycles. The molecular weight excluding hydrogens is 306 g/mol. The standard InChI is InChI=1S/C15H18BrNO2/c1-8-5-6-19-15(8)13(17)12-10(3)11(16)7-9(2)14(12)18-4/h5-7,13H,17H2,1-4H3. The highest BCUT2D eigenvalue weighted by atomic mass is 79.9. The van der Waals surface area contributed by atoms with Crippen LogP contribution in [0.1, 0.15) is 34.1 Å². The summed E-state index contributed by atoms with van der Waals surface area (Å²) < 4.78 is 12.1. The van der Waals surface area contributed by atoms with Crippen molar-refractivity contribution in [3.63, 3.8) is 0 Å². The fraction of sp³-hybridized carbons (Fsp3) is 0.333. The van der Waals surface area contributed by atoms with Gasteiger partial charge < -0.3 is 14.9 Å². The van der Waals surface area contributed by atoms with Gasteiger partial charge in [0.2, 0.25) is 0 Å². The zero-order valence-corrected chi connectivity index (χ0v) is 13.2. The lowest BCUT2D eigenvalue weighted by Gasteiger charge is -2.20. The van der Waals surface area contributed by atoms with Crippen LogP contribution >= 0.6 is 15.9 Å². The third kappa shape index (κ3) is 2.42. The maximum atomic E-state index is 6.38. The Morgan fingerprint density at radius 1 is 1.26 bits per heavy atom. The van der Waals surface area contributed by atoms with Gasteiger partial charge in [-0.25, -0.2) is 0 Å². The van der Waals surface area contributed by atoms with Crippen molar-refractivity contribution in [2.75, 3.05) is 7.11 Å². The Morgan fingerprint density at radius 2 is 1.95 bits per heavy atom. The highest BCUT2D eigenvalue weighted by molar-refractivity contribution is 9.10. The summed E-state index contributed by atoms with van der Waals surface area (Å²) in [5.74, 6) is 1.60. The largest absolute Gasteiger partial charge is 0.496 e. The third-order valence-electron chi connectivity index (χ3n) is 3.41. The monoisotopic (exact) mass is 323 g/mol. The van der Waals surface area contributed by atoms with Crippen LogP contribution in [-0.4, -0.2) is 7.11 Å². The van der Waals surface area contributed by atoms with Gasteiger partial charge in [0.25, 0.3) is 0 Å². The first-order chi connectivity index (χ1) is 8.97. The van der Waals surface area contributed by atoms with E-state index in [2.05, 4.69) is 15.9 Å². The maximum Gasteiger partial charge on any atom is 0.128 e. The summed E-state index contributed by atoms with van der Waals surface area (Å²) in [6.07, 6.45) is 1.66. The van der Waals surface area contributed by atoms with E-state index in [1.807, 2.05) is 32.9 Å². The molecule has 0 aliphatic carbocycles. The quantitative estimate of drug-likeness (QED) is 0.927. The van der Waals surface area contributed by atoms with Crippen LogP contribution in [0.3, 0.4) is 0 Å². The Balaban J connectivity index is 2.64. The van der Waals surface area contributed by atoms with E-state index >= 15 is 0 Å². The van der Waals surface area contributed by atoms with E-state index in [4.69, 9.17) is 14.9 Å². The smallest absolute Gasteiger partial charge is 0.128 e. The lowest BCUT2D eigenvalue weighted by molar-refractivity contribution is 0.399. The molecule has 19 heavy (non-hydrogen) atoms. The number of hydrogen-bond donors (Lipinski definition) is 1. The van der Waals surface area contributed by atoms with Gasteiger partial charge in [-0.1, -0.05) is 15.9 Å². The van der Waals surface area contributed by atoms with Crippen LogP contribution in [0.5, 0.6) is 5.75 Å². The van der Waals surface area contributed by atoms with Crippen molar-refractivity contribution in [3.8, 4) is 5.75 Å². The lowest BCUT2D eigenvalue weighted by atomic mass is 9.95. The van der Waals surface area contributed by atoms with Crippen LogP contribution in [0.25, 0.3) is 0 Å². The van der Waals surface area contributed by atoms with E-state index in [1.54, 1.807) is 13.4 Å². The zero-order valence-electron chi connectivity index (χ0n) is 11.6. The van der Waals surface area contributed by atoms with Crippen LogP contribution < -0.4 is 10.5 Å². The van der Waals surface area contributed by atoms with Gasteiger partial charge in [-0.05, 0) is 49.6 Å². The molecule has 1 aromatic heterocycles. The number of rotatable bonds is 3. The SMILES string of the molecule is COc1c(C)cc(Br)c(C)c1C(N)c1occc1C. The van der Waals surface area contributed by atoms with Crippen molar-refractivity contribution in [2.24, 2.45) is 5.73 Å². The minimum Gasteiger partial charge on any atom is -0.496 e. The maximum absolute atomic E-state index is 6.38. The molecule has 0 bridgehead atoms. The van der Waals surface area contributed by atoms with Gasteiger partial charge in [0.1, 0.15) is 11.5 Å². The Bertz CT molecular complexity index is 604. The van der Waals surface area contributed by atoms with E-state index in [-0.39, 0.29) is 6.04 Å². The lowest BCUT2D eigenvalue weighted by Crippen LogP contribution is -2.15. The number of furan rings is 1. The minimum atomic E-state index is -0.332. The molecule has 0 amide bonds. The number of halogens is 1. The van der Waals surface area contributed by atoms with Crippen molar-refractivity contribution in [3.05, 3.63) is 50.9 Å². The molecule has 1 atom stereocenters. The molecule has 1 heterocycles. The summed E-state index contributed by atoms with van der Waals surface area (Å²) in [5.41, 5.74) is 10.5. The van der Waals surface area contributed by atoms with Gasteiger partial charge in [-0.2, -0.15) is 0 Å². The van der Waals surface area contributed by atoms with Crippen LogP contribution in [0.2, 0.25) is 0 Å². The number of hydrogen-bond acceptors (Lipinski definition) is 3. The molecule has 2 N–H and O–H groups in total. The molecule has 0 radical (unpaired) electrons. The fourth-order valence-electron chi connectivity index (χ4n) is 2.35. The van der Waals surface area contributed by atoms with E-state index < -0.39 is 0 Å². The summed E-state index contributed by atoms with van der Waals surface area (Å²) >= 11 is 3.57. The third-order valence-corrected chi connectivity index (χ3v) is 4.23. The average Bonchev–Trinajstić information content (AvgIpc) is 2.79. The van der Waals surface area contributed by atoms with Gasteiger partial charge in [-0.15, -0.1) is 0 Å². The predicted molar refractivity (Wildman–Crippen MR) is 79.6 cm³/mol. The first-order valence-electron chi connectivity index (χ1n) is 6.10. The molecule has 0 spiro atoms. The van der Waals surface area contributed by atoms with Crippen molar-refractivity contribution >= 4 is 15.9 Å². The topological polar surface area (TPSA) is 48.4 Å².